The zero-order valence-electron chi connectivity index (χ0n) is 20.0. The summed E-state index contributed by atoms with van der Waals surface area (Å²) in [5.74, 6) is 0.737. The van der Waals surface area contributed by atoms with E-state index < -0.39 is 0 Å². The third-order valence-electron chi connectivity index (χ3n) is 5.18. The minimum Gasteiger partial charge on any atom is -0.383 e. The largest absolute Gasteiger partial charge is 0.383 e. The zero-order chi connectivity index (χ0) is 24.3. The highest BCUT2D eigenvalue weighted by Gasteiger charge is 2.18. The monoisotopic (exact) mass is 484 g/mol. The number of ether oxygens (including phenoxy) is 1. The Morgan fingerprint density at radius 1 is 1.32 bits per heavy atom. The first-order valence-corrected chi connectivity index (χ1v) is 11.9. The Balaban J connectivity index is 0.000000248. The van der Waals surface area contributed by atoms with Gasteiger partial charge in [-0.2, -0.15) is 0 Å². The molecule has 1 fully saturated rings. The molecule has 0 atom stereocenters. The number of nitrogens with zero attached hydrogens (tertiary/aromatic N) is 7. The van der Waals surface area contributed by atoms with Gasteiger partial charge in [-0.25, -0.2) is 24.9 Å². The van der Waals surface area contributed by atoms with Gasteiger partial charge >= 0.3 is 0 Å². The van der Waals surface area contributed by atoms with E-state index in [1.807, 2.05) is 37.3 Å². The molecule has 34 heavy (non-hydrogen) atoms. The number of pyridine rings is 1. The molecule has 0 spiro atoms. The van der Waals surface area contributed by atoms with Crippen molar-refractivity contribution in [3.8, 4) is 0 Å². The summed E-state index contributed by atoms with van der Waals surface area (Å²) in [6.07, 6.45) is 6.97. The van der Waals surface area contributed by atoms with Crippen molar-refractivity contribution in [2.45, 2.75) is 19.4 Å². The number of hydrazine groups is 1. The normalized spacial score (nSPS) is 14.1. The third kappa shape index (κ3) is 7.52. The number of thiazole rings is 1. The number of rotatable bonds is 8. The lowest BCUT2D eigenvalue weighted by molar-refractivity contribution is -0.144. The highest BCUT2D eigenvalue weighted by Crippen LogP contribution is 2.25. The summed E-state index contributed by atoms with van der Waals surface area (Å²) in [4.78, 5) is 31.6. The molecule has 1 aliphatic heterocycles. The van der Waals surface area contributed by atoms with Crippen molar-refractivity contribution in [1.29, 1.82) is 0 Å². The lowest BCUT2D eigenvalue weighted by Gasteiger charge is -2.35. The number of hydrogen-bond donors (Lipinski definition) is 1. The van der Waals surface area contributed by atoms with Gasteiger partial charge in [-0.3, -0.25) is 14.7 Å². The molecule has 1 amide bonds. The Labute approximate surface area is 204 Å². The molecule has 1 saturated heterocycles. The molecule has 0 unspecified atom stereocenters. The maximum atomic E-state index is 11.1. The molecule has 182 valence electrons. The highest BCUT2D eigenvalue weighted by molar-refractivity contribution is 7.21. The number of hydrogen-bond acceptors (Lipinski definition) is 10. The van der Waals surface area contributed by atoms with E-state index in [-0.39, 0.29) is 5.91 Å². The zero-order valence-corrected chi connectivity index (χ0v) is 20.8. The quantitative estimate of drug-likeness (QED) is 0.484. The van der Waals surface area contributed by atoms with Crippen LogP contribution in [-0.4, -0.2) is 88.2 Å². The van der Waals surface area contributed by atoms with Crippen molar-refractivity contribution in [2.75, 3.05) is 52.8 Å². The van der Waals surface area contributed by atoms with Crippen molar-refractivity contribution >= 4 is 38.5 Å². The fourth-order valence-electron chi connectivity index (χ4n) is 3.37. The molecule has 0 aromatic carbocycles. The van der Waals surface area contributed by atoms with E-state index in [0.29, 0.717) is 6.61 Å². The van der Waals surface area contributed by atoms with Crippen molar-refractivity contribution in [1.82, 2.24) is 34.9 Å². The van der Waals surface area contributed by atoms with Crippen LogP contribution in [0.15, 0.2) is 43.4 Å². The van der Waals surface area contributed by atoms with Gasteiger partial charge in [0, 0.05) is 52.6 Å². The number of methoxy groups -OCH3 is 1. The second-order valence-corrected chi connectivity index (χ2v) is 8.83. The molecule has 3 aromatic rings. The van der Waals surface area contributed by atoms with Crippen LogP contribution in [0.5, 0.6) is 0 Å². The van der Waals surface area contributed by atoms with Gasteiger partial charge in [0.25, 0.3) is 5.91 Å². The van der Waals surface area contributed by atoms with Gasteiger partial charge in [-0.05, 0) is 38.1 Å². The summed E-state index contributed by atoms with van der Waals surface area (Å²) in [7, 11) is 5.67. The summed E-state index contributed by atoms with van der Waals surface area (Å²) in [5.41, 5.74) is 1.83. The van der Waals surface area contributed by atoms with Gasteiger partial charge in [0.05, 0.1) is 12.3 Å². The lowest BCUT2D eigenvalue weighted by Crippen LogP contribution is -2.47. The van der Waals surface area contributed by atoms with Crippen LogP contribution in [0.25, 0.3) is 10.3 Å². The van der Waals surface area contributed by atoms with Crippen LogP contribution in [0.1, 0.15) is 18.5 Å². The number of aromatic nitrogens is 4. The van der Waals surface area contributed by atoms with Crippen LogP contribution in [0, 0.1) is 0 Å². The standard InChI is InChI=1S/C15H18N6OS.C8H14N2O/c1-21(6-7-22-2)9-11-8-13(18-10-17-11)20-15-19-12-4-3-5-16-14(12)23-15;1-3-8(11)10-7-5-4-6-9(10)2/h3-5,8,10H,6-7,9H2,1-2H3,(H,17,18,19,20);3H,1,4-7H2,2H3. The average molecular weight is 485 g/mol. The van der Waals surface area contributed by atoms with Crippen molar-refractivity contribution in [3.05, 3.63) is 49.1 Å². The number of amides is 1. The molecule has 3 aromatic heterocycles. The smallest absolute Gasteiger partial charge is 0.260 e. The first kappa shape index (κ1) is 25.6. The number of likely N-dealkylation sites (N-methyl/N-ethyl adjacent to an activating group) is 1. The first-order valence-electron chi connectivity index (χ1n) is 11.1. The molecule has 4 heterocycles. The molecule has 0 aliphatic carbocycles. The molecule has 11 heteroatoms. The Kier molecular flexibility index (Phi) is 9.83. The molecule has 4 rings (SSSR count). The first-order chi connectivity index (χ1) is 16.5. The maximum absolute atomic E-state index is 11.1. The van der Waals surface area contributed by atoms with Crippen molar-refractivity contribution < 1.29 is 9.53 Å². The van der Waals surface area contributed by atoms with E-state index in [1.165, 1.54) is 23.8 Å². The Morgan fingerprint density at radius 2 is 2.15 bits per heavy atom. The van der Waals surface area contributed by atoms with E-state index in [1.54, 1.807) is 24.6 Å². The number of fused-ring (bicyclic) bond motifs is 1. The van der Waals surface area contributed by atoms with E-state index >= 15 is 0 Å². The predicted octanol–water partition coefficient (Wildman–Crippen LogP) is 2.94. The number of carbonyl (C=O) groups is 1. The van der Waals surface area contributed by atoms with E-state index in [9.17, 15) is 4.79 Å². The fraction of sp³-hybridized carbons (Fsp3) is 0.435. The second-order valence-electron chi connectivity index (χ2n) is 7.85. The van der Waals surface area contributed by atoms with Crippen LogP contribution in [0.2, 0.25) is 0 Å². The van der Waals surface area contributed by atoms with E-state index in [2.05, 4.69) is 36.7 Å². The topological polar surface area (TPSA) is 99.6 Å². The number of carbonyl (C=O) groups excluding carboxylic acids is 1. The van der Waals surface area contributed by atoms with Gasteiger partial charge in [0.15, 0.2) is 5.13 Å². The minimum atomic E-state index is 0.00667. The van der Waals surface area contributed by atoms with Crippen LogP contribution in [0.4, 0.5) is 10.9 Å². The molecule has 0 saturated carbocycles. The van der Waals surface area contributed by atoms with Crippen molar-refractivity contribution in [2.24, 2.45) is 0 Å². The Bertz CT molecular complexity index is 1040. The average Bonchev–Trinajstić information content (AvgIpc) is 3.25. The second kappa shape index (κ2) is 13.0. The van der Waals surface area contributed by atoms with Gasteiger partial charge < -0.3 is 10.1 Å². The molecule has 1 aliphatic rings. The van der Waals surface area contributed by atoms with Gasteiger partial charge in [0.1, 0.15) is 22.5 Å². The Hall–Kier alpha value is -2.99. The van der Waals surface area contributed by atoms with Crippen LogP contribution < -0.4 is 5.32 Å². The SMILES string of the molecule is C=CC(=O)N1CCCCN1C.COCCN(C)Cc1cc(Nc2nc3cccnc3s2)ncn1. The fourth-order valence-corrected chi connectivity index (χ4v) is 4.18. The molecule has 0 bridgehead atoms. The van der Waals surface area contributed by atoms with Crippen LogP contribution >= 0.6 is 11.3 Å². The summed E-state index contributed by atoms with van der Waals surface area (Å²) in [6, 6.07) is 5.76. The molecule has 1 N–H and O–H groups in total. The van der Waals surface area contributed by atoms with Crippen LogP contribution in [0.3, 0.4) is 0 Å². The van der Waals surface area contributed by atoms with Crippen LogP contribution in [-0.2, 0) is 16.1 Å². The molecular formula is C23H32N8O2S. The Morgan fingerprint density at radius 3 is 2.88 bits per heavy atom. The summed E-state index contributed by atoms with van der Waals surface area (Å²) < 4.78 is 5.08. The van der Waals surface area contributed by atoms with Crippen molar-refractivity contribution in [3.63, 3.8) is 0 Å². The third-order valence-corrected chi connectivity index (χ3v) is 6.07. The van der Waals surface area contributed by atoms with Gasteiger partial charge in [-0.1, -0.05) is 17.9 Å². The molecular weight excluding hydrogens is 452 g/mol. The molecule has 10 nitrogen and oxygen atoms in total. The number of anilines is 2. The van der Waals surface area contributed by atoms with Gasteiger partial charge in [-0.15, -0.1) is 0 Å². The van der Waals surface area contributed by atoms with E-state index in [4.69, 9.17) is 4.74 Å². The lowest BCUT2D eigenvalue weighted by atomic mass is 10.2. The minimum absolute atomic E-state index is 0.00667. The summed E-state index contributed by atoms with van der Waals surface area (Å²) >= 11 is 1.50. The summed E-state index contributed by atoms with van der Waals surface area (Å²) in [6.45, 7) is 7.55. The molecule has 0 radical (unpaired) electrons. The maximum Gasteiger partial charge on any atom is 0.260 e. The van der Waals surface area contributed by atoms with Gasteiger partial charge in [0.2, 0.25) is 0 Å². The summed E-state index contributed by atoms with van der Waals surface area (Å²) in [5, 5.41) is 7.68. The van der Waals surface area contributed by atoms with E-state index in [0.717, 1.165) is 59.6 Å². The predicted molar refractivity (Wildman–Crippen MR) is 135 cm³/mol. The highest BCUT2D eigenvalue weighted by atomic mass is 32.1. The number of nitrogens with one attached hydrogen (secondary N) is 1.